The monoisotopic (exact) mass is 414 g/mol. The molecule has 0 saturated heterocycles. The van der Waals surface area contributed by atoms with E-state index < -0.39 is 34.3 Å². The van der Waals surface area contributed by atoms with E-state index in [1.54, 1.807) is 0 Å². The number of primary sulfonamides is 1. The fraction of sp³-hybridized carbons (Fsp3) is 0.176. The van der Waals surface area contributed by atoms with E-state index in [1.165, 1.54) is 42.3 Å². The number of sulfonamides is 1. The molecule has 7 nitrogen and oxygen atoms in total. The van der Waals surface area contributed by atoms with Gasteiger partial charge in [0.05, 0.1) is 10.5 Å². The number of amides is 1. The summed E-state index contributed by atoms with van der Waals surface area (Å²) in [7, 11) is -2.46. The van der Waals surface area contributed by atoms with Crippen LogP contribution in [-0.4, -0.2) is 38.8 Å². The molecule has 0 aromatic heterocycles. The molecule has 0 aliphatic carbocycles. The second kappa shape index (κ2) is 8.47. The first kappa shape index (κ1) is 20.8. The third-order valence-electron chi connectivity index (χ3n) is 3.63. The lowest BCUT2D eigenvalue weighted by Crippen LogP contribution is -2.31. The van der Waals surface area contributed by atoms with Crippen molar-refractivity contribution in [2.24, 2.45) is 5.14 Å². The lowest BCUT2D eigenvalue weighted by atomic mass is 10.2. The van der Waals surface area contributed by atoms with Crippen LogP contribution >= 0.6 is 11.6 Å². The number of nitrogens with zero attached hydrogens (tertiary/aromatic N) is 1. The molecule has 0 radical (unpaired) electrons. The van der Waals surface area contributed by atoms with Crippen molar-refractivity contribution in [2.75, 3.05) is 13.7 Å². The highest BCUT2D eigenvalue weighted by atomic mass is 35.5. The molecular weight excluding hydrogens is 399 g/mol. The Morgan fingerprint density at radius 2 is 1.81 bits per heavy atom. The molecule has 0 fully saturated rings. The van der Waals surface area contributed by atoms with Gasteiger partial charge in [0, 0.05) is 24.2 Å². The fourth-order valence-electron chi connectivity index (χ4n) is 2.11. The van der Waals surface area contributed by atoms with Crippen LogP contribution in [0.15, 0.2) is 47.4 Å². The molecule has 10 heteroatoms. The maximum absolute atomic E-state index is 13.8. The smallest absolute Gasteiger partial charge is 0.338 e. The summed E-state index contributed by atoms with van der Waals surface area (Å²) in [5.74, 6) is -1.93. The van der Waals surface area contributed by atoms with Gasteiger partial charge >= 0.3 is 5.97 Å². The maximum atomic E-state index is 13.8. The molecule has 144 valence electrons. The molecule has 0 bridgehead atoms. The molecule has 27 heavy (non-hydrogen) atoms. The van der Waals surface area contributed by atoms with E-state index in [-0.39, 0.29) is 27.6 Å². The number of hydrogen-bond acceptors (Lipinski definition) is 5. The molecular formula is C17H16ClFN2O5S. The normalized spacial score (nSPS) is 11.1. The Labute approximate surface area is 160 Å². The number of nitrogens with two attached hydrogens (primary N) is 1. The topological polar surface area (TPSA) is 107 Å². The number of rotatable bonds is 6. The highest BCUT2D eigenvalue weighted by Gasteiger charge is 2.17. The van der Waals surface area contributed by atoms with Crippen LogP contribution in [0, 0.1) is 5.82 Å². The Bertz CT molecular complexity index is 944. The molecule has 2 aromatic carbocycles. The van der Waals surface area contributed by atoms with Crippen LogP contribution < -0.4 is 5.14 Å². The number of esters is 1. The van der Waals surface area contributed by atoms with Crippen molar-refractivity contribution in [1.82, 2.24) is 4.90 Å². The second-order valence-corrected chi connectivity index (χ2v) is 7.56. The molecule has 0 saturated carbocycles. The standard InChI is InChI=1S/C17H16ClFN2O5S/c1-21(9-13-14(18)3-2-4-15(13)19)16(22)10-26-17(23)11-5-7-12(8-6-11)27(20,24)25/h2-8H,9-10H2,1H3,(H2,20,24,25). The van der Waals surface area contributed by atoms with Gasteiger partial charge in [0.2, 0.25) is 10.0 Å². The Morgan fingerprint density at radius 1 is 1.19 bits per heavy atom. The number of carbonyl (C=O) groups is 2. The minimum Gasteiger partial charge on any atom is -0.452 e. The molecule has 2 rings (SSSR count). The molecule has 0 atom stereocenters. The molecule has 2 aromatic rings. The highest BCUT2D eigenvalue weighted by Crippen LogP contribution is 2.20. The van der Waals surface area contributed by atoms with Crippen molar-refractivity contribution in [3.05, 3.63) is 64.4 Å². The Kier molecular flexibility index (Phi) is 6.53. The maximum Gasteiger partial charge on any atom is 0.338 e. The average molecular weight is 415 g/mol. The number of ether oxygens (including phenoxy) is 1. The average Bonchev–Trinajstić information content (AvgIpc) is 2.61. The molecule has 0 aliphatic rings. The first-order chi connectivity index (χ1) is 12.6. The van der Waals surface area contributed by atoms with Crippen LogP contribution in [0.25, 0.3) is 0 Å². The van der Waals surface area contributed by atoms with Gasteiger partial charge in [-0.1, -0.05) is 17.7 Å². The van der Waals surface area contributed by atoms with Crippen molar-refractivity contribution in [1.29, 1.82) is 0 Å². The van der Waals surface area contributed by atoms with Gasteiger partial charge in [0.25, 0.3) is 5.91 Å². The van der Waals surface area contributed by atoms with Gasteiger partial charge in [-0.05, 0) is 36.4 Å². The summed E-state index contributed by atoms with van der Waals surface area (Å²) in [5.41, 5.74) is 0.204. The quantitative estimate of drug-likeness (QED) is 0.727. The summed E-state index contributed by atoms with van der Waals surface area (Å²) < 4.78 is 41.0. The van der Waals surface area contributed by atoms with E-state index in [2.05, 4.69) is 0 Å². The first-order valence-electron chi connectivity index (χ1n) is 7.56. The van der Waals surface area contributed by atoms with E-state index in [9.17, 15) is 22.4 Å². The van der Waals surface area contributed by atoms with Gasteiger partial charge in [0.15, 0.2) is 6.61 Å². The second-order valence-electron chi connectivity index (χ2n) is 5.60. The van der Waals surface area contributed by atoms with Gasteiger partial charge in [-0.3, -0.25) is 4.79 Å². The molecule has 0 heterocycles. The van der Waals surface area contributed by atoms with Crippen LogP contribution in [-0.2, 0) is 26.1 Å². The minimum atomic E-state index is -3.87. The van der Waals surface area contributed by atoms with Gasteiger partial charge in [-0.25, -0.2) is 22.7 Å². The van der Waals surface area contributed by atoms with Gasteiger partial charge < -0.3 is 9.64 Å². The lowest BCUT2D eigenvalue weighted by Gasteiger charge is -2.18. The van der Waals surface area contributed by atoms with Crippen LogP contribution in [0.1, 0.15) is 15.9 Å². The summed E-state index contributed by atoms with van der Waals surface area (Å²) in [6.07, 6.45) is 0. The van der Waals surface area contributed by atoms with Crippen LogP contribution in [0.3, 0.4) is 0 Å². The zero-order chi connectivity index (χ0) is 20.2. The van der Waals surface area contributed by atoms with Crippen LogP contribution in [0.2, 0.25) is 5.02 Å². The number of hydrogen-bond donors (Lipinski definition) is 1. The number of halogens is 2. The van der Waals surface area contributed by atoms with E-state index in [0.717, 1.165) is 12.1 Å². The highest BCUT2D eigenvalue weighted by molar-refractivity contribution is 7.89. The number of benzene rings is 2. The Hall–Kier alpha value is -2.49. The molecule has 1 amide bonds. The van der Waals surface area contributed by atoms with Crippen molar-refractivity contribution in [2.45, 2.75) is 11.4 Å². The molecule has 0 spiro atoms. The predicted octanol–water partition coefficient (Wildman–Crippen LogP) is 1.94. The van der Waals surface area contributed by atoms with Gasteiger partial charge in [-0.15, -0.1) is 0 Å². The third-order valence-corrected chi connectivity index (χ3v) is 4.91. The SMILES string of the molecule is CN(Cc1c(F)cccc1Cl)C(=O)COC(=O)c1ccc(S(N)(=O)=O)cc1. The fourth-order valence-corrected chi connectivity index (χ4v) is 2.85. The van der Waals surface area contributed by atoms with Crippen molar-refractivity contribution >= 4 is 33.5 Å². The Balaban J connectivity index is 1.95. The summed E-state index contributed by atoms with van der Waals surface area (Å²) in [5, 5.41) is 5.15. The lowest BCUT2D eigenvalue weighted by molar-refractivity contribution is -0.133. The van der Waals surface area contributed by atoms with Crippen LogP contribution in [0.4, 0.5) is 4.39 Å². The summed E-state index contributed by atoms with van der Waals surface area (Å²) in [6, 6.07) is 8.92. The summed E-state index contributed by atoms with van der Waals surface area (Å²) >= 11 is 5.92. The Morgan fingerprint density at radius 3 is 2.37 bits per heavy atom. The zero-order valence-corrected chi connectivity index (χ0v) is 15.8. The third kappa shape index (κ3) is 5.49. The largest absolute Gasteiger partial charge is 0.452 e. The minimum absolute atomic E-state index is 0.0509. The van der Waals surface area contributed by atoms with Crippen molar-refractivity contribution < 1.29 is 27.1 Å². The summed E-state index contributed by atoms with van der Waals surface area (Å²) in [4.78, 5) is 25.0. The molecule has 0 unspecified atom stereocenters. The summed E-state index contributed by atoms with van der Waals surface area (Å²) in [6.45, 7) is -0.663. The van der Waals surface area contributed by atoms with Gasteiger partial charge in [0.1, 0.15) is 5.82 Å². The zero-order valence-electron chi connectivity index (χ0n) is 14.2. The van der Waals surface area contributed by atoms with E-state index in [0.29, 0.717) is 0 Å². The number of carbonyl (C=O) groups excluding carboxylic acids is 2. The predicted molar refractivity (Wildman–Crippen MR) is 96.0 cm³/mol. The van der Waals surface area contributed by atoms with E-state index in [1.807, 2.05) is 0 Å². The van der Waals surface area contributed by atoms with Crippen molar-refractivity contribution in [3.8, 4) is 0 Å². The van der Waals surface area contributed by atoms with E-state index >= 15 is 0 Å². The van der Waals surface area contributed by atoms with Gasteiger partial charge in [-0.2, -0.15) is 0 Å². The van der Waals surface area contributed by atoms with E-state index in [4.69, 9.17) is 21.5 Å². The van der Waals surface area contributed by atoms with Crippen LogP contribution in [0.5, 0.6) is 0 Å². The van der Waals surface area contributed by atoms with Crippen molar-refractivity contribution in [3.63, 3.8) is 0 Å². The number of likely N-dealkylation sites (N-methyl/N-ethyl adjacent to an activating group) is 1. The molecule has 2 N–H and O–H groups in total. The molecule has 0 aliphatic heterocycles. The first-order valence-corrected chi connectivity index (χ1v) is 9.49.